The van der Waals surface area contributed by atoms with E-state index in [2.05, 4.69) is 5.32 Å². The highest BCUT2D eigenvalue weighted by atomic mass is 35.5. The first kappa shape index (κ1) is 32.4. The van der Waals surface area contributed by atoms with Gasteiger partial charge in [-0.3, -0.25) is 13.9 Å². The molecule has 1 N–H and O–H groups in total. The van der Waals surface area contributed by atoms with E-state index in [-0.39, 0.29) is 23.4 Å². The van der Waals surface area contributed by atoms with Crippen molar-refractivity contribution in [2.75, 3.05) is 10.8 Å². The third-order valence-corrected chi connectivity index (χ3v) is 9.55. The molecule has 10 heteroatoms. The molecule has 0 bridgehead atoms. The molecule has 0 fully saturated rings. The summed E-state index contributed by atoms with van der Waals surface area (Å²) in [6.07, 6.45) is 1.05. The van der Waals surface area contributed by atoms with E-state index in [1.165, 1.54) is 29.2 Å². The number of aryl methyl sites for hydroxylation is 2. The first-order valence-electron chi connectivity index (χ1n) is 13.6. The highest BCUT2D eigenvalue weighted by Gasteiger charge is 2.34. The number of halogens is 2. The minimum atomic E-state index is -4.19. The second-order valence-electron chi connectivity index (χ2n) is 10.1. The monoisotopic (exact) mass is 617 g/mol. The Balaban J connectivity index is 2.10. The molecule has 0 aliphatic rings. The molecular formula is C31H37Cl2N3O4S. The van der Waals surface area contributed by atoms with Crippen LogP contribution in [-0.2, 0) is 26.2 Å². The maximum atomic E-state index is 14.2. The number of nitrogens with one attached hydrogen (secondary N) is 1. The van der Waals surface area contributed by atoms with Gasteiger partial charge in [0.05, 0.1) is 10.6 Å². The van der Waals surface area contributed by atoms with Crippen LogP contribution in [0.3, 0.4) is 0 Å². The predicted octanol–water partition coefficient (Wildman–Crippen LogP) is 6.53. The smallest absolute Gasteiger partial charge is 0.264 e. The molecule has 0 spiro atoms. The van der Waals surface area contributed by atoms with E-state index in [0.29, 0.717) is 27.7 Å². The topological polar surface area (TPSA) is 86.8 Å². The van der Waals surface area contributed by atoms with Gasteiger partial charge in [-0.15, -0.1) is 0 Å². The van der Waals surface area contributed by atoms with Crippen LogP contribution in [0.1, 0.15) is 50.3 Å². The average Bonchev–Trinajstić information content (AvgIpc) is 2.94. The van der Waals surface area contributed by atoms with E-state index in [4.69, 9.17) is 23.2 Å². The van der Waals surface area contributed by atoms with Gasteiger partial charge in [-0.25, -0.2) is 8.42 Å². The van der Waals surface area contributed by atoms with Gasteiger partial charge in [0, 0.05) is 22.6 Å². The fourth-order valence-corrected chi connectivity index (χ4v) is 6.04. The van der Waals surface area contributed by atoms with Crippen LogP contribution in [0.25, 0.3) is 0 Å². The van der Waals surface area contributed by atoms with E-state index >= 15 is 0 Å². The van der Waals surface area contributed by atoms with Gasteiger partial charge in [-0.2, -0.15) is 0 Å². The Kier molecular flexibility index (Phi) is 11.2. The minimum Gasteiger partial charge on any atom is -0.352 e. The fourth-order valence-electron chi connectivity index (χ4n) is 4.31. The summed E-state index contributed by atoms with van der Waals surface area (Å²) in [5.41, 5.74) is 2.84. The molecule has 41 heavy (non-hydrogen) atoms. The summed E-state index contributed by atoms with van der Waals surface area (Å²) in [5, 5.41) is 3.80. The summed E-state index contributed by atoms with van der Waals surface area (Å²) < 4.78 is 29.0. The molecule has 0 heterocycles. The quantitative estimate of drug-likeness (QED) is 0.250. The van der Waals surface area contributed by atoms with Crippen molar-refractivity contribution in [3.63, 3.8) is 0 Å². The lowest BCUT2D eigenvalue weighted by Gasteiger charge is -2.34. The van der Waals surface area contributed by atoms with Crippen molar-refractivity contribution in [3.8, 4) is 0 Å². The summed E-state index contributed by atoms with van der Waals surface area (Å²) in [6, 6.07) is 17.2. The molecule has 220 valence electrons. The Morgan fingerprint density at radius 2 is 1.56 bits per heavy atom. The lowest BCUT2D eigenvalue weighted by molar-refractivity contribution is -0.140. The number of nitrogens with zero attached hydrogens (tertiary/aromatic N) is 2. The molecule has 3 aromatic carbocycles. The van der Waals surface area contributed by atoms with Crippen LogP contribution in [0.15, 0.2) is 71.6 Å². The summed E-state index contributed by atoms with van der Waals surface area (Å²) >= 11 is 12.5. The van der Waals surface area contributed by atoms with Crippen LogP contribution in [0.2, 0.25) is 10.0 Å². The van der Waals surface area contributed by atoms with Gasteiger partial charge in [-0.05, 0) is 92.8 Å². The summed E-state index contributed by atoms with van der Waals surface area (Å²) in [7, 11) is -4.19. The fraction of sp³-hybridized carbons (Fsp3) is 0.355. The van der Waals surface area contributed by atoms with E-state index in [9.17, 15) is 18.0 Å². The standard InChI is InChI=1S/C31H37Cl2N3O4S/c1-6-23(5)34-31(38)29(7-2)35(19-24-10-8-9-11-28(24)33)30(37)20-36(26-15-12-21(3)22(4)18-26)41(39,40)27-16-13-25(32)14-17-27/h8-18,23,29H,6-7,19-20H2,1-5H3,(H,34,38)/t23-,29+/m0/s1. The molecule has 3 aromatic rings. The summed E-state index contributed by atoms with van der Waals surface area (Å²) in [5.74, 6) is -0.840. The Morgan fingerprint density at radius 3 is 2.15 bits per heavy atom. The molecule has 0 radical (unpaired) electrons. The van der Waals surface area contributed by atoms with Crippen LogP contribution in [0.5, 0.6) is 0 Å². The maximum Gasteiger partial charge on any atom is 0.264 e. The number of carbonyl (C=O) groups is 2. The van der Waals surface area contributed by atoms with Crippen molar-refractivity contribution in [2.24, 2.45) is 0 Å². The van der Waals surface area contributed by atoms with Gasteiger partial charge in [0.1, 0.15) is 12.6 Å². The van der Waals surface area contributed by atoms with Crippen molar-refractivity contribution in [1.29, 1.82) is 0 Å². The van der Waals surface area contributed by atoms with Crippen molar-refractivity contribution in [1.82, 2.24) is 10.2 Å². The van der Waals surface area contributed by atoms with Crippen molar-refractivity contribution in [2.45, 2.75) is 71.0 Å². The Morgan fingerprint density at radius 1 is 0.902 bits per heavy atom. The number of hydrogen-bond acceptors (Lipinski definition) is 4. The first-order chi connectivity index (χ1) is 19.4. The molecule has 0 aliphatic carbocycles. The van der Waals surface area contributed by atoms with Crippen LogP contribution >= 0.6 is 23.2 Å². The third kappa shape index (κ3) is 8.03. The van der Waals surface area contributed by atoms with Crippen LogP contribution in [0, 0.1) is 13.8 Å². The first-order valence-corrected chi connectivity index (χ1v) is 15.8. The molecule has 7 nitrogen and oxygen atoms in total. The largest absolute Gasteiger partial charge is 0.352 e. The average molecular weight is 619 g/mol. The third-order valence-electron chi connectivity index (χ3n) is 7.14. The SMILES string of the molecule is CC[C@H](C(=O)N[C@@H](C)CC)N(Cc1ccccc1Cl)C(=O)CN(c1ccc(C)c(C)c1)S(=O)(=O)c1ccc(Cl)cc1. The number of rotatable bonds is 12. The number of sulfonamides is 1. The molecule has 0 saturated heterocycles. The van der Waals surface area contributed by atoms with E-state index in [1.807, 2.05) is 40.7 Å². The van der Waals surface area contributed by atoms with Gasteiger partial charge < -0.3 is 10.2 Å². The highest BCUT2D eigenvalue weighted by Crippen LogP contribution is 2.28. The Labute approximate surface area is 253 Å². The predicted molar refractivity (Wildman–Crippen MR) is 166 cm³/mol. The molecule has 0 saturated carbocycles. The molecule has 2 amide bonds. The molecule has 0 aliphatic heterocycles. The zero-order valence-electron chi connectivity index (χ0n) is 24.0. The van der Waals surface area contributed by atoms with Gasteiger partial charge >= 0.3 is 0 Å². The van der Waals surface area contributed by atoms with Crippen molar-refractivity contribution in [3.05, 3.63) is 93.5 Å². The summed E-state index contributed by atoms with van der Waals surface area (Å²) in [6.45, 7) is 8.99. The zero-order chi connectivity index (χ0) is 30.3. The number of hydrogen-bond donors (Lipinski definition) is 1. The number of anilines is 1. The summed E-state index contributed by atoms with van der Waals surface area (Å²) in [4.78, 5) is 28.9. The zero-order valence-corrected chi connectivity index (χ0v) is 26.4. The van der Waals surface area contributed by atoms with Gasteiger partial charge in [-0.1, -0.05) is 61.3 Å². The van der Waals surface area contributed by atoms with Gasteiger partial charge in [0.15, 0.2) is 0 Å². The normalized spacial score (nSPS) is 12.9. The minimum absolute atomic E-state index is 0.00728. The van der Waals surface area contributed by atoms with Crippen LogP contribution < -0.4 is 9.62 Å². The van der Waals surface area contributed by atoms with E-state index in [0.717, 1.165) is 21.9 Å². The lowest BCUT2D eigenvalue weighted by atomic mass is 10.1. The second-order valence-corrected chi connectivity index (χ2v) is 12.8. The van der Waals surface area contributed by atoms with Crippen molar-refractivity contribution >= 4 is 50.7 Å². The van der Waals surface area contributed by atoms with Gasteiger partial charge in [0.25, 0.3) is 10.0 Å². The van der Waals surface area contributed by atoms with Crippen LogP contribution in [-0.4, -0.2) is 43.8 Å². The molecule has 2 atom stereocenters. The number of amides is 2. The van der Waals surface area contributed by atoms with Crippen molar-refractivity contribution < 1.29 is 18.0 Å². The highest BCUT2D eigenvalue weighted by molar-refractivity contribution is 7.92. The number of carbonyl (C=O) groups excluding carboxylic acids is 2. The second kappa shape index (κ2) is 14.2. The van der Waals surface area contributed by atoms with Crippen LogP contribution in [0.4, 0.5) is 5.69 Å². The Bertz CT molecular complexity index is 1480. The molecule has 0 aromatic heterocycles. The Hall–Kier alpha value is -3.07. The van der Waals surface area contributed by atoms with E-state index < -0.39 is 28.5 Å². The molecule has 3 rings (SSSR count). The van der Waals surface area contributed by atoms with E-state index in [1.54, 1.807) is 36.4 Å². The lowest BCUT2D eigenvalue weighted by Crippen LogP contribution is -2.53. The molecular weight excluding hydrogens is 581 g/mol. The maximum absolute atomic E-state index is 14.2. The number of benzene rings is 3. The van der Waals surface area contributed by atoms with Gasteiger partial charge in [0.2, 0.25) is 11.8 Å². The molecule has 0 unspecified atom stereocenters.